The van der Waals surface area contributed by atoms with Gasteiger partial charge >= 0.3 is 6.18 Å². The number of alkyl halides is 3. The van der Waals surface area contributed by atoms with Crippen molar-refractivity contribution in [2.45, 2.75) is 43.8 Å². The summed E-state index contributed by atoms with van der Waals surface area (Å²) in [5, 5.41) is 3.32. The minimum absolute atomic E-state index is 0.0770. The minimum atomic E-state index is -4.83. The molecule has 1 unspecified atom stereocenters. The monoisotopic (exact) mass is 644 g/mol. The minimum Gasteiger partial charge on any atom is -0.420 e. The van der Waals surface area contributed by atoms with Gasteiger partial charge in [-0.3, -0.25) is 9.59 Å². The molecule has 2 saturated heterocycles. The Labute approximate surface area is 270 Å². The molecule has 12 heteroatoms. The lowest BCUT2D eigenvalue weighted by Gasteiger charge is -2.36. The van der Waals surface area contributed by atoms with Crippen LogP contribution < -0.4 is 15.1 Å². The zero-order chi connectivity index (χ0) is 32.5. The second kappa shape index (κ2) is 12.7. The van der Waals surface area contributed by atoms with Crippen LogP contribution >= 0.6 is 0 Å². The SMILES string of the molecule is O=C(Cc1ccc(N2CCN(C(=O)C3Cc4ccccc4N3)CC2)nc1)c1oc(N2CCC(c3ccccc3)CC2)nc1C(F)(F)F. The Morgan fingerprint density at radius 2 is 1.60 bits per heavy atom. The molecular formula is C35H35F3N6O3. The van der Waals surface area contributed by atoms with Crippen molar-refractivity contribution in [3.63, 3.8) is 0 Å². The van der Waals surface area contributed by atoms with Gasteiger partial charge in [0, 0.05) is 64.0 Å². The molecule has 2 aromatic carbocycles. The number of aromatic nitrogens is 2. The van der Waals surface area contributed by atoms with Gasteiger partial charge in [-0.15, -0.1) is 0 Å². The number of ketones is 1. The van der Waals surface area contributed by atoms with Crippen LogP contribution in [0.2, 0.25) is 0 Å². The van der Waals surface area contributed by atoms with E-state index >= 15 is 0 Å². The number of nitrogens with one attached hydrogen (secondary N) is 1. The number of oxazole rings is 1. The normalized spacial score (nSPS) is 18.6. The van der Waals surface area contributed by atoms with Gasteiger partial charge in [0.1, 0.15) is 11.9 Å². The second-order valence-corrected chi connectivity index (χ2v) is 12.3. The van der Waals surface area contributed by atoms with Gasteiger partial charge in [0.05, 0.1) is 0 Å². The Morgan fingerprint density at radius 1 is 0.872 bits per heavy atom. The van der Waals surface area contributed by atoms with Crippen LogP contribution in [0.25, 0.3) is 0 Å². The van der Waals surface area contributed by atoms with E-state index in [1.165, 1.54) is 11.8 Å². The number of carbonyl (C=O) groups excluding carboxylic acids is 2. The molecule has 9 nitrogen and oxygen atoms in total. The number of fused-ring (bicyclic) bond motifs is 1. The van der Waals surface area contributed by atoms with Crippen molar-refractivity contribution in [2.24, 2.45) is 0 Å². The van der Waals surface area contributed by atoms with E-state index in [4.69, 9.17) is 4.42 Å². The van der Waals surface area contributed by atoms with Crippen molar-refractivity contribution >= 4 is 29.2 Å². The summed E-state index contributed by atoms with van der Waals surface area (Å²) >= 11 is 0. The van der Waals surface area contributed by atoms with E-state index < -0.39 is 23.4 Å². The summed E-state index contributed by atoms with van der Waals surface area (Å²) in [5.74, 6) is -0.521. The largest absolute Gasteiger partial charge is 0.437 e. The molecule has 3 aliphatic rings. The topological polar surface area (TPSA) is 94.8 Å². The molecule has 5 heterocycles. The molecule has 47 heavy (non-hydrogen) atoms. The maximum Gasteiger partial charge on any atom is 0.437 e. The van der Waals surface area contributed by atoms with Gasteiger partial charge in [-0.05, 0) is 47.6 Å². The Morgan fingerprint density at radius 3 is 2.28 bits per heavy atom. The fourth-order valence-corrected chi connectivity index (χ4v) is 6.75. The number of hydrogen-bond donors (Lipinski definition) is 1. The fourth-order valence-electron chi connectivity index (χ4n) is 6.75. The third kappa shape index (κ3) is 6.54. The highest BCUT2D eigenvalue weighted by molar-refractivity contribution is 5.96. The summed E-state index contributed by atoms with van der Waals surface area (Å²) in [6.45, 7) is 3.24. The first-order chi connectivity index (χ1) is 22.7. The standard InChI is InChI=1S/C35H35F3N6O3/c36-35(37,38)32-31(47-34(41-32)44-14-12-25(13-15-44)24-6-2-1-3-7-24)29(45)20-23-10-11-30(39-22-23)42-16-18-43(19-17-42)33(46)28-21-26-8-4-5-9-27(26)40-28/h1-11,22,25,28,40H,12-21H2. The molecule has 1 atom stereocenters. The molecule has 0 aliphatic carbocycles. The van der Waals surface area contributed by atoms with Crippen LogP contribution in [0.4, 0.5) is 30.7 Å². The molecule has 0 saturated carbocycles. The highest BCUT2D eigenvalue weighted by atomic mass is 19.4. The third-order valence-corrected chi connectivity index (χ3v) is 9.33. The van der Waals surface area contributed by atoms with Crippen LogP contribution in [0, 0.1) is 0 Å². The van der Waals surface area contributed by atoms with Crippen molar-refractivity contribution in [1.29, 1.82) is 0 Å². The number of benzene rings is 2. The lowest BCUT2D eigenvalue weighted by molar-refractivity contribution is -0.141. The van der Waals surface area contributed by atoms with Crippen LogP contribution in [0.5, 0.6) is 0 Å². The van der Waals surface area contributed by atoms with E-state index in [0.717, 1.165) is 24.1 Å². The molecule has 3 aliphatic heterocycles. The van der Waals surface area contributed by atoms with Gasteiger partial charge in [-0.1, -0.05) is 54.6 Å². The van der Waals surface area contributed by atoms with Crippen molar-refractivity contribution in [3.8, 4) is 0 Å². The number of para-hydroxylation sites is 1. The molecule has 1 amide bonds. The molecule has 2 fully saturated rings. The summed E-state index contributed by atoms with van der Waals surface area (Å²) in [5.41, 5.74) is 2.52. The summed E-state index contributed by atoms with van der Waals surface area (Å²) < 4.78 is 47.4. The van der Waals surface area contributed by atoms with E-state index in [1.54, 1.807) is 17.0 Å². The number of rotatable bonds is 7. The molecule has 4 aromatic rings. The fraction of sp³-hybridized carbons (Fsp3) is 0.371. The highest BCUT2D eigenvalue weighted by Gasteiger charge is 2.42. The van der Waals surface area contributed by atoms with Crippen LogP contribution in [-0.2, 0) is 23.8 Å². The maximum absolute atomic E-state index is 14.0. The van der Waals surface area contributed by atoms with E-state index in [2.05, 4.69) is 32.3 Å². The Balaban J connectivity index is 0.952. The third-order valence-electron chi connectivity index (χ3n) is 9.33. The van der Waals surface area contributed by atoms with Gasteiger partial charge in [-0.2, -0.15) is 18.2 Å². The van der Waals surface area contributed by atoms with Crippen LogP contribution in [0.15, 0.2) is 77.3 Å². The quantitative estimate of drug-likeness (QED) is 0.261. The first-order valence-corrected chi connectivity index (χ1v) is 16.0. The van der Waals surface area contributed by atoms with Crippen LogP contribution in [0.3, 0.4) is 0 Å². The van der Waals surface area contributed by atoms with Gasteiger partial charge in [-0.25, -0.2) is 4.98 Å². The number of nitrogens with zero attached hydrogens (tertiary/aromatic N) is 5. The number of anilines is 3. The van der Waals surface area contributed by atoms with Gasteiger partial charge < -0.3 is 24.4 Å². The average Bonchev–Trinajstić information content (AvgIpc) is 3.75. The molecule has 7 rings (SSSR count). The molecule has 0 bridgehead atoms. The number of halogens is 3. The molecule has 244 valence electrons. The van der Waals surface area contributed by atoms with E-state index in [1.807, 2.05) is 47.4 Å². The van der Waals surface area contributed by atoms with E-state index in [0.29, 0.717) is 63.0 Å². The zero-order valence-corrected chi connectivity index (χ0v) is 25.7. The van der Waals surface area contributed by atoms with Gasteiger partial charge in [0.15, 0.2) is 5.69 Å². The number of Topliss-reactive ketones (excluding diaryl/α,β-unsaturated/α-hetero) is 1. The van der Waals surface area contributed by atoms with Crippen molar-refractivity contribution < 1.29 is 27.2 Å². The van der Waals surface area contributed by atoms with Crippen LogP contribution in [0.1, 0.15) is 51.7 Å². The molecular weight excluding hydrogens is 609 g/mol. The Kier molecular flexibility index (Phi) is 8.33. The first kappa shape index (κ1) is 30.8. The summed E-state index contributed by atoms with van der Waals surface area (Å²) in [7, 11) is 0. The maximum atomic E-state index is 14.0. The van der Waals surface area contributed by atoms with Crippen molar-refractivity contribution in [2.75, 3.05) is 54.4 Å². The number of piperidine rings is 1. The number of hydrogen-bond acceptors (Lipinski definition) is 8. The summed E-state index contributed by atoms with van der Waals surface area (Å²) in [6.07, 6.45) is -1.48. The zero-order valence-electron chi connectivity index (χ0n) is 25.7. The van der Waals surface area contributed by atoms with Crippen LogP contribution in [-0.4, -0.2) is 71.9 Å². The van der Waals surface area contributed by atoms with Crippen molar-refractivity contribution in [3.05, 3.63) is 101 Å². The van der Waals surface area contributed by atoms with E-state index in [9.17, 15) is 22.8 Å². The van der Waals surface area contributed by atoms with Crippen molar-refractivity contribution in [1.82, 2.24) is 14.9 Å². The second-order valence-electron chi connectivity index (χ2n) is 12.3. The first-order valence-electron chi connectivity index (χ1n) is 16.0. The molecule has 0 radical (unpaired) electrons. The molecule has 0 spiro atoms. The smallest absolute Gasteiger partial charge is 0.420 e. The molecule has 1 N–H and O–H groups in total. The lowest BCUT2D eigenvalue weighted by atomic mass is 9.90. The summed E-state index contributed by atoms with van der Waals surface area (Å²) in [6, 6.07) is 21.0. The van der Waals surface area contributed by atoms with Gasteiger partial charge in [0.2, 0.25) is 17.5 Å². The summed E-state index contributed by atoms with van der Waals surface area (Å²) in [4.78, 5) is 40.1. The predicted molar refractivity (Wildman–Crippen MR) is 171 cm³/mol. The lowest BCUT2D eigenvalue weighted by Crippen LogP contribution is -2.52. The average molecular weight is 645 g/mol. The Bertz CT molecular complexity index is 1700. The van der Waals surface area contributed by atoms with E-state index in [-0.39, 0.29) is 24.4 Å². The number of pyridine rings is 1. The number of amides is 1. The Hall–Kier alpha value is -4.87. The van der Waals surface area contributed by atoms with Gasteiger partial charge in [0.25, 0.3) is 6.01 Å². The number of carbonyl (C=O) groups is 2. The number of piperazine rings is 1. The highest BCUT2D eigenvalue weighted by Crippen LogP contribution is 2.37. The molecule has 2 aromatic heterocycles. The predicted octanol–water partition coefficient (Wildman–Crippen LogP) is 5.58.